The van der Waals surface area contributed by atoms with Gasteiger partial charge < -0.3 is 15.1 Å². The van der Waals surface area contributed by atoms with Crippen LogP contribution in [0.25, 0.3) is 0 Å². The number of nitrogens with one attached hydrogen (secondary N) is 1. The van der Waals surface area contributed by atoms with E-state index in [1.54, 1.807) is 19.1 Å². The highest BCUT2D eigenvalue weighted by molar-refractivity contribution is 14.0. The SMILES string of the molecule is CCNC(=NCc1cccc([N+](=O)[O-])c1)N1CCN(C(C)=O)CC1.I. The Hall–Kier alpha value is -1.91. The van der Waals surface area contributed by atoms with Gasteiger partial charge in [-0.15, -0.1) is 24.0 Å². The fourth-order valence-corrected chi connectivity index (χ4v) is 2.59. The van der Waals surface area contributed by atoms with Gasteiger partial charge in [-0.05, 0) is 12.5 Å². The lowest BCUT2D eigenvalue weighted by atomic mass is 10.2. The molecule has 1 fully saturated rings. The summed E-state index contributed by atoms with van der Waals surface area (Å²) in [5.74, 6) is 0.861. The normalized spacial score (nSPS) is 14.7. The van der Waals surface area contributed by atoms with Crippen molar-refractivity contribution >= 4 is 41.5 Å². The molecule has 8 nitrogen and oxygen atoms in total. The molecule has 0 spiro atoms. The van der Waals surface area contributed by atoms with Gasteiger partial charge in [0.05, 0.1) is 11.5 Å². The first kappa shape index (κ1) is 21.1. The third-order valence-electron chi connectivity index (χ3n) is 3.89. The van der Waals surface area contributed by atoms with Gasteiger partial charge in [-0.3, -0.25) is 14.9 Å². The number of nitro benzene ring substituents is 1. The van der Waals surface area contributed by atoms with Crippen molar-refractivity contribution in [2.45, 2.75) is 20.4 Å². The van der Waals surface area contributed by atoms with Crippen molar-refractivity contribution < 1.29 is 9.72 Å². The smallest absolute Gasteiger partial charge is 0.269 e. The number of guanidine groups is 1. The van der Waals surface area contributed by atoms with Gasteiger partial charge in [0.15, 0.2) is 5.96 Å². The molecule has 0 aromatic heterocycles. The van der Waals surface area contributed by atoms with Gasteiger partial charge in [0.25, 0.3) is 5.69 Å². The second kappa shape index (κ2) is 10.2. The van der Waals surface area contributed by atoms with Crippen LogP contribution >= 0.6 is 24.0 Å². The molecule has 1 aliphatic rings. The van der Waals surface area contributed by atoms with Crippen LogP contribution in [0.5, 0.6) is 0 Å². The van der Waals surface area contributed by atoms with E-state index in [1.165, 1.54) is 6.07 Å². The number of benzene rings is 1. The number of nitrogens with zero attached hydrogens (tertiary/aromatic N) is 4. The monoisotopic (exact) mass is 461 g/mol. The highest BCUT2D eigenvalue weighted by Gasteiger charge is 2.20. The van der Waals surface area contributed by atoms with E-state index < -0.39 is 4.92 Å². The quantitative estimate of drug-likeness (QED) is 0.243. The molecule has 1 saturated heterocycles. The Kier molecular flexibility index (Phi) is 8.59. The summed E-state index contributed by atoms with van der Waals surface area (Å²) in [5.41, 5.74) is 0.866. The largest absolute Gasteiger partial charge is 0.357 e. The number of rotatable bonds is 4. The Bertz CT molecular complexity index is 630. The van der Waals surface area contributed by atoms with Gasteiger partial charge in [-0.25, -0.2) is 4.99 Å². The van der Waals surface area contributed by atoms with E-state index >= 15 is 0 Å². The summed E-state index contributed by atoms with van der Waals surface area (Å²) in [6.45, 7) is 7.48. The molecule has 1 aromatic carbocycles. The number of halogens is 1. The second-order valence-electron chi connectivity index (χ2n) is 5.59. The first-order valence-electron chi connectivity index (χ1n) is 8.03. The van der Waals surface area contributed by atoms with Crippen LogP contribution < -0.4 is 5.32 Å². The lowest BCUT2D eigenvalue weighted by Gasteiger charge is -2.36. The maximum absolute atomic E-state index is 11.4. The molecule has 138 valence electrons. The maximum Gasteiger partial charge on any atom is 0.269 e. The highest BCUT2D eigenvalue weighted by Crippen LogP contribution is 2.14. The van der Waals surface area contributed by atoms with Crippen molar-refractivity contribution in [3.8, 4) is 0 Å². The van der Waals surface area contributed by atoms with Crippen molar-refractivity contribution in [2.24, 2.45) is 4.99 Å². The minimum atomic E-state index is -0.403. The van der Waals surface area contributed by atoms with E-state index in [0.717, 1.165) is 31.2 Å². The zero-order chi connectivity index (χ0) is 17.5. The molecule has 1 N–H and O–H groups in total. The molecular formula is C16H24IN5O3. The molecule has 1 heterocycles. The van der Waals surface area contributed by atoms with Crippen molar-refractivity contribution in [3.05, 3.63) is 39.9 Å². The summed E-state index contributed by atoms with van der Waals surface area (Å²) in [4.78, 5) is 30.4. The summed E-state index contributed by atoms with van der Waals surface area (Å²) >= 11 is 0. The van der Waals surface area contributed by atoms with Crippen molar-refractivity contribution in [2.75, 3.05) is 32.7 Å². The Morgan fingerprint density at radius 2 is 1.92 bits per heavy atom. The molecule has 0 bridgehead atoms. The summed E-state index contributed by atoms with van der Waals surface area (Å²) in [7, 11) is 0. The van der Waals surface area contributed by atoms with Crippen LogP contribution in [-0.2, 0) is 11.3 Å². The van der Waals surface area contributed by atoms with E-state index in [4.69, 9.17) is 0 Å². The van der Waals surface area contributed by atoms with Crippen LogP contribution in [0.2, 0.25) is 0 Å². The Balaban J connectivity index is 0.00000312. The minimum Gasteiger partial charge on any atom is -0.357 e. The molecule has 0 saturated carbocycles. The average Bonchev–Trinajstić information content (AvgIpc) is 2.59. The first-order valence-corrected chi connectivity index (χ1v) is 8.03. The predicted octanol–water partition coefficient (Wildman–Crippen LogP) is 1.84. The number of carbonyl (C=O) groups is 1. The number of hydrogen-bond acceptors (Lipinski definition) is 4. The Morgan fingerprint density at radius 3 is 2.48 bits per heavy atom. The first-order chi connectivity index (χ1) is 11.5. The molecule has 1 aromatic rings. The molecule has 0 aliphatic carbocycles. The van der Waals surface area contributed by atoms with E-state index in [9.17, 15) is 14.9 Å². The van der Waals surface area contributed by atoms with Gasteiger partial charge in [0.1, 0.15) is 0 Å². The third-order valence-corrected chi connectivity index (χ3v) is 3.89. The van der Waals surface area contributed by atoms with Gasteiger partial charge in [-0.2, -0.15) is 0 Å². The zero-order valence-electron chi connectivity index (χ0n) is 14.5. The summed E-state index contributed by atoms with van der Waals surface area (Å²) < 4.78 is 0. The van der Waals surface area contributed by atoms with E-state index in [2.05, 4.69) is 15.2 Å². The molecule has 0 atom stereocenters. The van der Waals surface area contributed by atoms with Crippen LogP contribution in [0, 0.1) is 10.1 Å². The van der Waals surface area contributed by atoms with Crippen LogP contribution in [0.4, 0.5) is 5.69 Å². The van der Waals surface area contributed by atoms with Crippen LogP contribution in [0.1, 0.15) is 19.4 Å². The van der Waals surface area contributed by atoms with E-state index in [0.29, 0.717) is 19.6 Å². The molecule has 9 heteroatoms. The number of piperazine rings is 1. The van der Waals surface area contributed by atoms with E-state index in [1.807, 2.05) is 17.9 Å². The fourth-order valence-electron chi connectivity index (χ4n) is 2.59. The number of carbonyl (C=O) groups excluding carboxylic acids is 1. The zero-order valence-corrected chi connectivity index (χ0v) is 16.8. The molecule has 0 unspecified atom stereocenters. The molecule has 2 rings (SSSR count). The molecule has 1 aliphatic heterocycles. The summed E-state index contributed by atoms with van der Waals surface area (Å²) in [5, 5.41) is 14.1. The van der Waals surface area contributed by atoms with Crippen LogP contribution in [0.3, 0.4) is 0 Å². The lowest BCUT2D eigenvalue weighted by molar-refractivity contribution is -0.384. The molecular weight excluding hydrogens is 437 g/mol. The van der Waals surface area contributed by atoms with Crippen molar-refractivity contribution in [3.63, 3.8) is 0 Å². The molecule has 25 heavy (non-hydrogen) atoms. The van der Waals surface area contributed by atoms with Gasteiger partial charge >= 0.3 is 0 Å². The number of amides is 1. The van der Waals surface area contributed by atoms with Gasteiger partial charge in [0, 0.05) is 51.8 Å². The highest BCUT2D eigenvalue weighted by atomic mass is 127. The van der Waals surface area contributed by atoms with Crippen molar-refractivity contribution in [1.29, 1.82) is 0 Å². The molecule has 0 radical (unpaired) electrons. The average molecular weight is 461 g/mol. The fraction of sp³-hybridized carbons (Fsp3) is 0.500. The van der Waals surface area contributed by atoms with Gasteiger partial charge in [0.2, 0.25) is 5.91 Å². The summed E-state index contributed by atoms with van der Waals surface area (Å²) in [6.07, 6.45) is 0. The predicted molar refractivity (Wildman–Crippen MR) is 107 cm³/mol. The number of aliphatic imine (C=N–C) groups is 1. The van der Waals surface area contributed by atoms with E-state index in [-0.39, 0.29) is 35.6 Å². The number of non-ortho nitro benzene ring substituents is 1. The second-order valence-corrected chi connectivity index (χ2v) is 5.59. The van der Waals surface area contributed by atoms with Crippen molar-refractivity contribution in [1.82, 2.24) is 15.1 Å². The van der Waals surface area contributed by atoms with Crippen LogP contribution in [0.15, 0.2) is 29.3 Å². The standard InChI is InChI=1S/C16H23N5O3.HI/c1-3-17-16(20-9-7-19(8-10-20)13(2)22)18-12-14-5-4-6-15(11-14)21(23)24;/h4-6,11H,3,7-10,12H2,1-2H3,(H,17,18);1H. The Morgan fingerprint density at radius 1 is 1.28 bits per heavy atom. The Labute approximate surface area is 164 Å². The summed E-state index contributed by atoms with van der Waals surface area (Å²) in [6, 6.07) is 6.51. The third kappa shape index (κ3) is 6.15. The maximum atomic E-state index is 11.4. The van der Waals surface area contributed by atoms with Gasteiger partial charge in [-0.1, -0.05) is 12.1 Å². The lowest BCUT2D eigenvalue weighted by Crippen LogP contribution is -2.53. The topological polar surface area (TPSA) is 91.1 Å². The molecule has 1 amide bonds. The minimum absolute atomic E-state index is 0. The number of nitro groups is 1. The van der Waals surface area contributed by atoms with Crippen LogP contribution in [-0.4, -0.2) is 59.3 Å². The number of hydrogen-bond donors (Lipinski definition) is 1.